The maximum Gasteiger partial charge on any atom is 0.157 e. The summed E-state index contributed by atoms with van der Waals surface area (Å²) in [5.41, 5.74) is 12.2. The van der Waals surface area contributed by atoms with E-state index >= 15 is 0 Å². The highest BCUT2D eigenvalue weighted by Crippen LogP contribution is 2.44. The molecular formula is C41H48Cl2N8O2. The summed E-state index contributed by atoms with van der Waals surface area (Å²) in [5.74, 6) is 1.60. The molecule has 0 fully saturated rings. The molecule has 0 saturated heterocycles. The van der Waals surface area contributed by atoms with Gasteiger partial charge in [-0.15, -0.1) is 0 Å². The first-order chi connectivity index (χ1) is 25.5. The number of aromatic nitrogens is 6. The maximum absolute atomic E-state index is 11.8. The molecule has 3 aromatic heterocycles. The van der Waals surface area contributed by atoms with Gasteiger partial charge in [-0.05, 0) is 112 Å². The second kappa shape index (κ2) is 16.6. The summed E-state index contributed by atoms with van der Waals surface area (Å²) < 4.78 is 12.0. The topological polar surface area (TPSA) is 104 Å². The zero-order chi connectivity index (χ0) is 37.8. The molecular weight excluding hydrogens is 707 g/mol. The molecule has 3 heterocycles. The van der Waals surface area contributed by atoms with Crippen LogP contribution in [0.4, 0.5) is 5.69 Å². The summed E-state index contributed by atoms with van der Waals surface area (Å²) in [7, 11) is 5.79. The van der Waals surface area contributed by atoms with Crippen molar-refractivity contribution in [1.82, 2.24) is 34.4 Å². The number of likely N-dealkylation sites (N-methyl/N-ethyl adjacent to an activating group) is 1. The number of aryl methyl sites for hydroxylation is 5. The number of nitrogens with zero attached hydrogens (tertiary/aromatic N) is 6. The Morgan fingerprint density at radius 3 is 2.49 bits per heavy atom. The SMILES string of the molecule is CNCCNc1c(/C(=C/c2cn(CC=O)c3c2CC(c2ncn(C)n2)C=C3)CCCOc2cc(C)c(Cl)c(C)c2)ccc(Cl)c1-c1c(C)nn(C)c1C. The van der Waals surface area contributed by atoms with Gasteiger partial charge in [0, 0.05) is 72.4 Å². The third-order valence-electron chi connectivity index (χ3n) is 9.93. The number of hydrogen-bond donors (Lipinski definition) is 2. The minimum atomic E-state index is 0.0171. The summed E-state index contributed by atoms with van der Waals surface area (Å²) in [6.45, 7) is 10.3. The molecule has 1 aliphatic carbocycles. The molecule has 0 spiro atoms. The second-order valence-corrected chi connectivity index (χ2v) is 14.5. The van der Waals surface area contributed by atoms with Gasteiger partial charge >= 0.3 is 0 Å². The van der Waals surface area contributed by atoms with Crippen LogP contribution in [0.5, 0.6) is 5.75 Å². The molecule has 0 aliphatic heterocycles. The number of ether oxygens (including phenoxy) is 1. The number of carbonyl (C=O) groups excluding carboxylic acids is 1. The van der Waals surface area contributed by atoms with E-state index in [1.165, 1.54) is 0 Å². The number of fused-ring (bicyclic) bond motifs is 1. The Bertz CT molecular complexity index is 2170. The molecule has 12 heteroatoms. The smallest absolute Gasteiger partial charge is 0.157 e. The largest absolute Gasteiger partial charge is 0.494 e. The predicted molar refractivity (Wildman–Crippen MR) is 216 cm³/mol. The normalized spacial score (nSPS) is 14.1. The lowest BCUT2D eigenvalue weighted by molar-refractivity contribution is -0.108. The van der Waals surface area contributed by atoms with Crippen molar-refractivity contribution in [2.24, 2.45) is 14.1 Å². The van der Waals surface area contributed by atoms with Crippen molar-refractivity contribution in [3.05, 3.63) is 104 Å². The minimum Gasteiger partial charge on any atom is -0.494 e. The summed E-state index contributed by atoms with van der Waals surface area (Å²) in [6.07, 6.45) is 13.5. The Kier molecular flexibility index (Phi) is 11.9. The lowest BCUT2D eigenvalue weighted by Gasteiger charge is -2.21. The van der Waals surface area contributed by atoms with Crippen molar-refractivity contribution in [1.29, 1.82) is 0 Å². The molecule has 0 amide bonds. The van der Waals surface area contributed by atoms with E-state index in [1.54, 1.807) is 11.0 Å². The number of carbonyl (C=O) groups is 1. The van der Waals surface area contributed by atoms with Crippen LogP contribution < -0.4 is 15.4 Å². The fraction of sp³-hybridized carbons (Fsp3) is 0.366. The lowest BCUT2D eigenvalue weighted by atomic mass is 9.88. The van der Waals surface area contributed by atoms with Gasteiger partial charge in [-0.2, -0.15) is 10.2 Å². The number of rotatable bonds is 15. The van der Waals surface area contributed by atoms with Gasteiger partial charge in [0.05, 0.1) is 29.6 Å². The summed E-state index contributed by atoms with van der Waals surface area (Å²) >= 11 is 13.6. The van der Waals surface area contributed by atoms with Gasteiger partial charge in [-0.25, -0.2) is 4.98 Å². The zero-order valence-electron chi connectivity index (χ0n) is 31.6. The first-order valence-electron chi connectivity index (χ1n) is 18.0. The van der Waals surface area contributed by atoms with Crippen LogP contribution in [0.25, 0.3) is 28.9 Å². The standard InChI is InChI=1S/C41H48Cl2N8O2/c1-25-19-32(20-26(2)39(25)43)53-18-8-9-29(21-31-23-51(16-17-52)36-13-10-30(22-34(31)36)41-46-24-49(6)48-41)33-11-12-35(42)38(40(33)45-15-14-44-5)37-27(3)47-50(7)28(37)4/h10-13,17,19-21,23-24,30,44-45H,8-9,14-16,18,22H2,1-7H3/b29-21+. The number of allylic oxidation sites excluding steroid dienone is 2. The van der Waals surface area contributed by atoms with Crippen molar-refractivity contribution < 1.29 is 9.53 Å². The number of anilines is 1. The highest BCUT2D eigenvalue weighted by molar-refractivity contribution is 6.34. The Hall–Kier alpha value is -4.64. The van der Waals surface area contributed by atoms with Crippen molar-refractivity contribution in [3.63, 3.8) is 0 Å². The molecule has 0 saturated carbocycles. The molecule has 2 aromatic carbocycles. The van der Waals surface area contributed by atoms with Crippen molar-refractivity contribution in [3.8, 4) is 16.9 Å². The number of benzene rings is 2. The van der Waals surface area contributed by atoms with Gasteiger partial charge in [-0.3, -0.25) is 9.36 Å². The van der Waals surface area contributed by atoms with Gasteiger partial charge in [0.15, 0.2) is 5.82 Å². The Morgan fingerprint density at radius 2 is 1.83 bits per heavy atom. The highest BCUT2D eigenvalue weighted by Gasteiger charge is 2.26. The van der Waals surface area contributed by atoms with Crippen LogP contribution in [0, 0.1) is 27.7 Å². The monoisotopic (exact) mass is 754 g/mol. The average molecular weight is 756 g/mol. The molecule has 5 aromatic rings. The molecule has 10 nitrogen and oxygen atoms in total. The molecule has 53 heavy (non-hydrogen) atoms. The lowest BCUT2D eigenvalue weighted by Crippen LogP contribution is -2.19. The number of nitrogens with one attached hydrogen (secondary N) is 2. The van der Waals surface area contributed by atoms with Gasteiger partial charge < -0.3 is 24.7 Å². The van der Waals surface area contributed by atoms with E-state index < -0.39 is 0 Å². The van der Waals surface area contributed by atoms with Gasteiger partial charge in [0.25, 0.3) is 0 Å². The fourth-order valence-electron chi connectivity index (χ4n) is 7.24. The Balaban J connectivity index is 1.47. The summed E-state index contributed by atoms with van der Waals surface area (Å²) in [6, 6.07) is 8.08. The quantitative estimate of drug-likeness (QED) is 0.0822. The molecule has 278 valence electrons. The number of hydrogen-bond acceptors (Lipinski definition) is 7. The molecule has 6 rings (SSSR count). The molecule has 1 unspecified atom stereocenters. The van der Waals surface area contributed by atoms with Crippen LogP contribution in [-0.2, 0) is 31.9 Å². The van der Waals surface area contributed by atoms with Crippen LogP contribution in [0.1, 0.15) is 69.5 Å². The van der Waals surface area contributed by atoms with Crippen LogP contribution in [0.15, 0.2) is 42.9 Å². The Morgan fingerprint density at radius 1 is 1.06 bits per heavy atom. The highest BCUT2D eigenvalue weighted by atomic mass is 35.5. The van der Waals surface area contributed by atoms with E-state index in [-0.39, 0.29) is 12.5 Å². The van der Waals surface area contributed by atoms with E-state index in [9.17, 15) is 4.79 Å². The van der Waals surface area contributed by atoms with Crippen LogP contribution >= 0.6 is 23.2 Å². The minimum absolute atomic E-state index is 0.0171. The maximum atomic E-state index is 11.8. The summed E-state index contributed by atoms with van der Waals surface area (Å²) in [5, 5.41) is 17.8. The molecule has 1 atom stereocenters. The van der Waals surface area contributed by atoms with Gasteiger partial charge in [0.1, 0.15) is 18.4 Å². The molecule has 0 radical (unpaired) electrons. The third kappa shape index (κ3) is 8.15. The summed E-state index contributed by atoms with van der Waals surface area (Å²) in [4.78, 5) is 16.4. The van der Waals surface area contributed by atoms with E-state index in [4.69, 9.17) is 33.0 Å². The van der Waals surface area contributed by atoms with Crippen LogP contribution in [0.2, 0.25) is 10.0 Å². The van der Waals surface area contributed by atoms with E-state index in [0.717, 1.165) is 103 Å². The first kappa shape index (κ1) is 38.1. The Labute approximate surface area is 321 Å². The van der Waals surface area contributed by atoms with E-state index in [0.29, 0.717) is 31.0 Å². The van der Waals surface area contributed by atoms with Crippen molar-refractivity contribution in [2.45, 2.75) is 59.4 Å². The molecule has 2 N–H and O–H groups in total. The van der Waals surface area contributed by atoms with Gasteiger partial charge in [0.2, 0.25) is 0 Å². The van der Waals surface area contributed by atoms with Crippen molar-refractivity contribution >= 4 is 52.9 Å². The third-order valence-corrected chi connectivity index (χ3v) is 10.8. The van der Waals surface area contributed by atoms with Gasteiger partial charge in [-0.1, -0.05) is 35.3 Å². The number of aldehydes is 1. The van der Waals surface area contributed by atoms with Crippen LogP contribution in [0.3, 0.4) is 0 Å². The fourth-order valence-corrected chi connectivity index (χ4v) is 7.61. The molecule has 0 bridgehead atoms. The predicted octanol–water partition coefficient (Wildman–Crippen LogP) is 8.14. The van der Waals surface area contributed by atoms with E-state index in [1.807, 2.05) is 69.4 Å². The first-order valence-corrected chi connectivity index (χ1v) is 18.8. The zero-order valence-corrected chi connectivity index (χ0v) is 33.1. The van der Waals surface area contributed by atoms with Crippen LogP contribution in [-0.4, -0.2) is 62.1 Å². The second-order valence-electron chi connectivity index (χ2n) is 13.8. The van der Waals surface area contributed by atoms with E-state index in [2.05, 4.69) is 58.1 Å². The number of halogens is 2. The average Bonchev–Trinajstić information content (AvgIpc) is 3.79. The van der Waals surface area contributed by atoms with Crippen molar-refractivity contribution in [2.75, 3.05) is 32.1 Å². The molecule has 1 aliphatic rings.